The van der Waals surface area contributed by atoms with Crippen molar-refractivity contribution >= 4 is 11.6 Å². The quantitative estimate of drug-likeness (QED) is 0.803. The second kappa shape index (κ2) is 6.42. The third kappa shape index (κ3) is 4.33. The molecule has 1 atom stereocenters. The first-order chi connectivity index (χ1) is 7.98. The van der Waals surface area contributed by atoms with E-state index in [0.717, 1.165) is 24.5 Å². The van der Waals surface area contributed by atoms with Gasteiger partial charge in [-0.05, 0) is 42.0 Å². The first-order valence-electron chi connectivity index (χ1n) is 6.43. The highest BCUT2D eigenvalue weighted by Gasteiger charge is 2.28. The summed E-state index contributed by atoms with van der Waals surface area (Å²) in [6.45, 7) is 11.2. The van der Waals surface area contributed by atoms with E-state index >= 15 is 0 Å². The molecule has 17 heavy (non-hydrogen) atoms. The van der Waals surface area contributed by atoms with Crippen molar-refractivity contribution in [1.82, 2.24) is 5.32 Å². The van der Waals surface area contributed by atoms with Gasteiger partial charge in [-0.15, -0.1) is 0 Å². The van der Waals surface area contributed by atoms with E-state index in [9.17, 15) is 0 Å². The van der Waals surface area contributed by atoms with E-state index in [4.69, 9.17) is 11.6 Å². The standard InChI is InChI=1S/C15H24ClN/c1-5-17-11-15(4,12(2)3)10-13-7-6-8-14(16)9-13/h6-9,12,17H,5,10-11H2,1-4H3. The molecule has 0 aliphatic heterocycles. The molecule has 0 heterocycles. The lowest BCUT2D eigenvalue weighted by atomic mass is 9.74. The van der Waals surface area contributed by atoms with E-state index in [1.165, 1.54) is 5.56 Å². The second-order valence-corrected chi connectivity index (χ2v) is 5.83. The summed E-state index contributed by atoms with van der Waals surface area (Å²) in [6, 6.07) is 8.21. The van der Waals surface area contributed by atoms with E-state index in [1.807, 2.05) is 12.1 Å². The molecule has 1 N–H and O–H groups in total. The van der Waals surface area contributed by atoms with E-state index in [1.54, 1.807) is 0 Å². The average Bonchev–Trinajstić information content (AvgIpc) is 2.26. The number of hydrogen-bond acceptors (Lipinski definition) is 1. The van der Waals surface area contributed by atoms with Gasteiger partial charge in [0, 0.05) is 11.6 Å². The minimum absolute atomic E-state index is 0.278. The van der Waals surface area contributed by atoms with Gasteiger partial charge in [0.25, 0.3) is 0 Å². The van der Waals surface area contributed by atoms with Crippen molar-refractivity contribution in [2.24, 2.45) is 11.3 Å². The first-order valence-corrected chi connectivity index (χ1v) is 6.81. The Hall–Kier alpha value is -0.530. The Morgan fingerprint density at radius 3 is 2.59 bits per heavy atom. The van der Waals surface area contributed by atoms with E-state index in [2.05, 4.69) is 45.1 Å². The number of nitrogens with one attached hydrogen (secondary N) is 1. The largest absolute Gasteiger partial charge is 0.316 e. The molecule has 1 unspecified atom stereocenters. The first kappa shape index (κ1) is 14.5. The molecule has 0 aliphatic rings. The number of rotatable bonds is 6. The highest BCUT2D eigenvalue weighted by atomic mass is 35.5. The number of hydrogen-bond donors (Lipinski definition) is 1. The minimum atomic E-state index is 0.278. The smallest absolute Gasteiger partial charge is 0.0408 e. The molecule has 1 nitrogen and oxygen atoms in total. The fraction of sp³-hybridized carbons (Fsp3) is 0.600. The zero-order valence-electron chi connectivity index (χ0n) is 11.4. The molecule has 0 bridgehead atoms. The third-order valence-corrected chi connectivity index (χ3v) is 3.90. The Kier molecular flexibility index (Phi) is 5.48. The van der Waals surface area contributed by atoms with Crippen molar-refractivity contribution in [2.45, 2.75) is 34.1 Å². The summed E-state index contributed by atoms with van der Waals surface area (Å²) >= 11 is 6.04. The molecule has 0 radical (unpaired) electrons. The normalized spacial score (nSPS) is 14.9. The second-order valence-electron chi connectivity index (χ2n) is 5.40. The van der Waals surface area contributed by atoms with Crippen molar-refractivity contribution in [3.05, 3.63) is 34.9 Å². The molecule has 1 aromatic rings. The fourth-order valence-corrected chi connectivity index (χ4v) is 2.21. The minimum Gasteiger partial charge on any atom is -0.316 e. The van der Waals surface area contributed by atoms with Crippen LogP contribution in [0.1, 0.15) is 33.3 Å². The van der Waals surface area contributed by atoms with Gasteiger partial charge in [-0.3, -0.25) is 0 Å². The van der Waals surface area contributed by atoms with Crippen LogP contribution in [0.3, 0.4) is 0 Å². The Bertz CT molecular complexity index is 349. The van der Waals surface area contributed by atoms with Crippen LogP contribution >= 0.6 is 11.6 Å². The molecule has 0 aromatic heterocycles. The summed E-state index contributed by atoms with van der Waals surface area (Å²) in [5.41, 5.74) is 1.60. The zero-order chi connectivity index (χ0) is 12.9. The molecule has 0 saturated heterocycles. The Morgan fingerprint density at radius 1 is 1.35 bits per heavy atom. The molecular formula is C15H24ClN. The highest BCUT2D eigenvalue weighted by molar-refractivity contribution is 6.30. The van der Waals surface area contributed by atoms with Crippen LogP contribution in [-0.4, -0.2) is 13.1 Å². The lowest BCUT2D eigenvalue weighted by Crippen LogP contribution is -2.37. The van der Waals surface area contributed by atoms with Gasteiger partial charge in [-0.25, -0.2) is 0 Å². The fourth-order valence-electron chi connectivity index (χ4n) is 1.99. The van der Waals surface area contributed by atoms with E-state index in [0.29, 0.717) is 5.92 Å². The van der Waals surface area contributed by atoms with Gasteiger partial charge in [0.05, 0.1) is 0 Å². The maximum Gasteiger partial charge on any atom is 0.0408 e. The monoisotopic (exact) mass is 253 g/mol. The maximum atomic E-state index is 6.04. The Balaban J connectivity index is 2.79. The van der Waals surface area contributed by atoms with Crippen molar-refractivity contribution < 1.29 is 0 Å². The van der Waals surface area contributed by atoms with Crippen molar-refractivity contribution in [3.63, 3.8) is 0 Å². The molecule has 0 aliphatic carbocycles. The molecule has 0 amide bonds. The van der Waals surface area contributed by atoms with E-state index < -0.39 is 0 Å². The Morgan fingerprint density at radius 2 is 2.06 bits per heavy atom. The van der Waals surface area contributed by atoms with Crippen molar-refractivity contribution in [3.8, 4) is 0 Å². The van der Waals surface area contributed by atoms with Gasteiger partial charge >= 0.3 is 0 Å². The van der Waals surface area contributed by atoms with Crippen LogP contribution in [0, 0.1) is 11.3 Å². The van der Waals surface area contributed by atoms with Gasteiger partial charge in [0.15, 0.2) is 0 Å². The van der Waals surface area contributed by atoms with Crippen molar-refractivity contribution in [2.75, 3.05) is 13.1 Å². The van der Waals surface area contributed by atoms with Crippen LogP contribution in [0.15, 0.2) is 24.3 Å². The van der Waals surface area contributed by atoms with Crippen LogP contribution < -0.4 is 5.32 Å². The van der Waals surface area contributed by atoms with Crippen LogP contribution in [0.4, 0.5) is 0 Å². The molecular weight excluding hydrogens is 230 g/mol. The molecule has 1 aromatic carbocycles. The molecule has 1 rings (SSSR count). The van der Waals surface area contributed by atoms with Crippen LogP contribution in [0.2, 0.25) is 5.02 Å². The lowest BCUT2D eigenvalue weighted by molar-refractivity contribution is 0.209. The molecule has 0 fully saturated rings. The van der Waals surface area contributed by atoms with Crippen LogP contribution in [0.25, 0.3) is 0 Å². The summed E-state index contributed by atoms with van der Waals surface area (Å²) < 4.78 is 0. The summed E-state index contributed by atoms with van der Waals surface area (Å²) in [7, 11) is 0. The number of benzene rings is 1. The molecule has 96 valence electrons. The van der Waals surface area contributed by atoms with Gasteiger partial charge < -0.3 is 5.32 Å². The summed E-state index contributed by atoms with van der Waals surface area (Å²) in [5, 5.41) is 4.30. The maximum absolute atomic E-state index is 6.04. The SMILES string of the molecule is CCNCC(C)(Cc1cccc(Cl)c1)C(C)C. The van der Waals surface area contributed by atoms with Gasteiger partial charge in [-0.2, -0.15) is 0 Å². The van der Waals surface area contributed by atoms with Crippen LogP contribution in [0.5, 0.6) is 0 Å². The summed E-state index contributed by atoms with van der Waals surface area (Å²) in [6.07, 6.45) is 1.07. The highest BCUT2D eigenvalue weighted by Crippen LogP contribution is 2.31. The van der Waals surface area contributed by atoms with Gasteiger partial charge in [0.1, 0.15) is 0 Å². The van der Waals surface area contributed by atoms with E-state index in [-0.39, 0.29) is 5.41 Å². The van der Waals surface area contributed by atoms with Crippen LogP contribution in [-0.2, 0) is 6.42 Å². The molecule has 2 heteroatoms. The predicted octanol–water partition coefficient (Wildman–Crippen LogP) is 4.15. The Labute approximate surface area is 111 Å². The summed E-state index contributed by atoms with van der Waals surface area (Å²) in [5.74, 6) is 0.639. The van der Waals surface area contributed by atoms with Gasteiger partial charge in [0.2, 0.25) is 0 Å². The predicted molar refractivity (Wildman–Crippen MR) is 76.6 cm³/mol. The summed E-state index contributed by atoms with van der Waals surface area (Å²) in [4.78, 5) is 0. The van der Waals surface area contributed by atoms with Crippen molar-refractivity contribution in [1.29, 1.82) is 0 Å². The molecule has 0 spiro atoms. The third-order valence-electron chi connectivity index (χ3n) is 3.67. The number of halogens is 1. The average molecular weight is 254 g/mol. The lowest BCUT2D eigenvalue weighted by Gasteiger charge is -2.34. The van der Waals surface area contributed by atoms with Gasteiger partial charge in [-0.1, -0.05) is 51.4 Å². The zero-order valence-corrected chi connectivity index (χ0v) is 12.1. The molecule has 0 saturated carbocycles. The topological polar surface area (TPSA) is 12.0 Å².